The van der Waals surface area contributed by atoms with Crippen LogP contribution in [0, 0.1) is 0 Å². The Hall–Kier alpha value is -3.14. The van der Waals surface area contributed by atoms with Crippen molar-refractivity contribution in [3.8, 4) is 0 Å². The Kier molecular flexibility index (Phi) is 15.6. The van der Waals surface area contributed by atoms with Crippen LogP contribution < -0.4 is 0 Å². The van der Waals surface area contributed by atoms with E-state index >= 15 is 0 Å². The first-order valence-corrected chi connectivity index (χ1v) is 11.4. The van der Waals surface area contributed by atoms with E-state index in [1.807, 2.05) is 12.2 Å². The van der Waals surface area contributed by atoms with Crippen LogP contribution in [0.5, 0.6) is 0 Å². The molecule has 0 radical (unpaired) electrons. The molecule has 0 saturated heterocycles. The van der Waals surface area contributed by atoms with Gasteiger partial charge in [0.1, 0.15) is 5.92 Å². The Balaban J connectivity index is 2.10. The highest BCUT2D eigenvalue weighted by Gasteiger charge is 2.27. The first-order valence-electron chi connectivity index (χ1n) is 11.4. The summed E-state index contributed by atoms with van der Waals surface area (Å²) < 4.78 is 0. The Morgan fingerprint density at radius 2 is 1.28 bits per heavy atom. The summed E-state index contributed by atoms with van der Waals surface area (Å²) in [6, 6.07) is 1.63. The van der Waals surface area contributed by atoms with Crippen LogP contribution in [0.1, 0.15) is 69.8 Å². The fraction of sp³-hybridized carbons (Fsp3) is 0.357. The van der Waals surface area contributed by atoms with Crippen LogP contribution in [0.2, 0.25) is 0 Å². The summed E-state index contributed by atoms with van der Waals surface area (Å²) in [5, 5.41) is 9.30. The first kappa shape index (κ1) is 26.9. The number of nitrogens with one attached hydrogen (secondary N) is 1. The minimum absolute atomic E-state index is 0.227. The number of aliphatic carboxylic acids is 1. The Morgan fingerprint density at radius 3 is 1.69 bits per heavy atom. The lowest BCUT2D eigenvalue weighted by Crippen LogP contribution is -2.20. The molecule has 4 nitrogen and oxygen atoms in total. The molecule has 1 atom stereocenters. The number of allylic oxidation sites excluding steroid dienone is 12. The lowest BCUT2D eigenvalue weighted by atomic mass is 9.94. The predicted octanol–water partition coefficient (Wildman–Crippen LogP) is 7.23. The van der Waals surface area contributed by atoms with Crippen LogP contribution in [-0.4, -0.2) is 21.8 Å². The van der Waals surface area contributed by atoms with Gasteiger partial charge < -0.3 is 10.1 Å². The molecule has 1 aromatic heterocycles. The molecule has 0 fully saturated rings. The standard InChI is InChI=1S/C28H37NO3/c1-2-3-4-5-6-7-8-9-10-11-12-13-14-15-16-17-18-19-20-21-26(30)27(28(31)32)25-22-23-29-24-25/h3-4,6-7,9-10,12-13,15-16,18-19,22-24,27,29H,2,5,8,11,14,17,20-21H2,1H3,(H,31,32). The number of Topliss-reactive ketones (excluding diaryl/α,β-unsaturated/α-hetero) is 1. The third kappa shape index (κ3) is 13.2. The normalized spacial score (nSPS) is 13.7. The number of H-pyrrole nitrogens is 1. The number of hydrogen-bond donors (Lipinski definition) is 2. The van der Waals surface area contributed by atoms with E-state index in [0.717, 1.165) is 38.5 Å². The third-order valence-corrected chi connectivity index (χ3v) is 4.68. The molecule has 0 aliphatic heterocycles. The van der Waals surface area contributed by atoms with E-state index in [9.17, 15) is 14.7 Å². The zero-order valence-electron chi connectivity index (χ0n) is 19.2. The van der Waals surface area contributed by atoms with Gasteiger partial charge in [-0.25, -0.2) is 0 Å². The average Bonchev–Trinajstić information content (AvgIpc) is 3.29. The van der Waals surface area contributed by atoms with Crippen LogP contribution >= 0.6 is 0 Å². The van der Waals surface area contributed by atoms with E-state index in [2.05, 4.69) is 72.7 Å². The SMILES string of the molecule is CCC=CCC=CCC=CCC=CCC=CCC=CCCC(=O)C(C(=O)O)c1cc[nH]c1. The van der Waals surface area contributed by atoms with Gasteiger partial charge in [0.2, 0.25) is 0 Å². The van der Waals surface area contributed by atoms with E-state index in [4.69, 9.17) is 0 Å². The molecule has 1 heterocycles. The van der Waals surface area contributed by atoms with Crippen LogP contribution in [0.4, 0.5) is 0 Å². The number of carbonyl (C=O) groups excluding carboxylic acids is 1. The fourth-order valence-corrected chi connectivity index (χ4v) is 2.99. The van der Waals surface area contributed by atoms with Crippen molar-refractivity contribution in [2.24, 2.45) is 0 Å². The van der Waals surface area contributed by atoms with E-state index < -0.39 is 11.9 Å². The molecule has 0 bridgehead atoms. The summed E-state index contributed by atoms with van der Waals surface area (Å²) in [6.07, 6.45) is 35.3. The van der Waals surface area contributed by atoms with Crippen molar-refractivity contribution in [1.29, 1.82) is 0 Å². The summed E-state index contributed by atoms with van der Waals surface area (Å²) in [5.41, 5.74) is 0.505. The number of carboxylic acid groups (broad SMARTS) is 1. The molecule has 0 amide bonds. The van der Waals surface area contributed by atoms with Crippen LogP contribution in [-0.2, 0) is 9.59 Å². The highest BCUT2D eigenvalue weighted by Crippen LogP contribution is 2.19. The number of aromatic nitrogens is 1. The van der Waals surface area contributed by atoms with E-state index in [-0.39, 0.29) is 12.2 Å². The maximum Gasteiger partial charge on any atom is 0.318 e. The summed E-state index contributed by atoms with van der Waals surface area (Å²) in [7, 11) is 0. The summed E-state index contributed by atoms with van der Waals surface area (Å²) in [4.78, 5) is 26.4. The molecule has 0 aromatic carbocycles. The number of aromatic amines is 1. The van der Waals surface area contributed by atoms with Gasteiger partial charge in [0, 0.05) is 18.8 Å². The number of rotatable bonds is 17. The van der Waals surface area contributed by atoms with Crippen molar-refractivity contribution >= 4 is 11.8 Å². The molecule has 4 heteroatoms. The molecule has 0 aliphatic rings. The summed E-state index contributed by atoms with van der Waals surface area (Å²) in [6.45, 7) is 2.14. The molecule has 32 heavy (non-hydrogen) atoms. The van der Waals surface area contributed by atoms with Crippen molar-refractivity contribution in [3.05, 3.63) is 96.9 Å². The maximum absolute atomic E-state index is 12.2. The second-order valence-electron chi connectivity index (χ2n) is 7.34. The number of ketones is 1. The molecule has 172 valence electrons. The number of carboxylic acids is 1. The smallest absolute Gasteiger partial charge is 0.318 e. The zero-order valence-corrected chi connectivity index (χ0v) is 19.2. The van der Waals surface area contributed by atoms with Gasteiger partial charge in [0.25, 0.3) is 0 Å². The van der Waals surface area contributed by atoms with Gasteiger partial charge in [-0.2, -0.15) is 0 Å². The molecular formula is C28H37NO3. The van der Waals surface area contributed by atoms with Crippen LogP contribution in [0.25, 0.3) is 0 Å². The molecule has 0 saturated carbocycles. The van der Waals surface area contributed by atoms with Gasteiger partial charge in [-0.1, -0.05) is 79.8 Å². The second-order valence-corrected chi connectivity index (χ2v) is 7.34. The minimum atomic E-state index is -1.10. The highest BCUT2D eigenvalue weighted by molar-refractivity contribution is 6.03. The quantitative estimate of drug-likeness (QED) is 0.200. The molecule has 1 unspecified atom stereocenters. The maximum atomic E-state index is 12.2. The van der Waals surface area contributed by atoms with Crippen molar-refractivity contribution in [1.82, 2.24) is 4.98 Å². The van der Waals surface area contributed by atoms with Crippen molar-refractivity contribution in [2.75, 3.05) is 0 Å². The van der Waals surface area contributed by atoms with Crippen molar-refractivity contribution < 1.29 is 14.7 Å². The number of carbonyl (C=O) groups is 2. The van der Waals surface area contributed by atoms with Gasteiger partial charge in [-0.05, 0) is 56.6 Å². The van der Waals surface area contributed by atoms with Gasteiger partial charge in [-0.3, -0.25) is 9.59 Å². The summed E-state index contributed by atoms with van der Waals surface area (Å²) >= 11 is 0. The van der Waals surface area contributed by atoms with Crippen LogP contribution in [0.15, 0.2) is 91.4 Å². The largest absolute Gasteiger partial charge is 0.480 e. The van der Waals surface area contributed by atoms with Gasteiger partial charge in [0.05, 0.1) is 0 Å². The van der Waals surface area contributed by atoms with Crippen LogP contribution in [0.3, 0.4) is 0 Å². The Bertz CT molecular complexity index is 808. The third-order valence-electron chi connectivity index (χ3n) is 4.68. The summed E-state index contributed by atoms with van der Waals surface area (Å²) in [5.74, 6) is -2.45. The molecule has 1 rings (SSSR count). The van der Waals surface area contributed by atoms with Crippen molar-refractivity contribution in [2.45, 2.75) is 64.2 Å². The highest BCUT2D eigenvalue weighted by atomic mass is 16.4. The minimum Gasteiger partial charge on any atom is -0.480 e. The Labute approximate surface area is 192 Å². The molecule has 0 aliphatic carbocycles. The number of hydrogen-bond acceptors (Lipinski definition) is 2. The van der Waals surface area contributed by atoms with E-state index in [0.29, 0.717) is 12.0 Å². The molecule has 2 N–H and O–H groups in total. The second kappa shape index (κ2) is 18.6. The van der Waals surface area contributed by atoms with Gasteiger partial charge >= 0.3 is 5.97 Å². The lowest BCUT2D eigenvalue weighted by molar-refractivity contribution is -0.142. The van der Waals surface area contributed by atoms with Gasteiger partial charge in [-0.15, -0.1) is 0 Å². The first-order chi connectivity index (χ1) is 15.7. The van der Waals surface area contributed by atoms with E-state index in [1.165, 1.54) is 0 Å². The zero-order chi connectivity index (χ0) is 23.3. The lowest BCUT2D eigenvalue weighted by Gasteiger charge is -2.08. The van der Waals surface area contributed by atoms with E-state index in [1.54, 1.807) is 18.5 Å². The molecular weight excluding hydrogens is 398 g/mol. The fourth-order valence-electron chi connectivity index (χ4n) is 2.99. The average molecular weight is 436 g/mol. The topological polar surface area (TPSA) is 70.2 Å². The monoisotopic (exact) mass is 435 g/mol. The molecule has 0 spiro atoms. The van der Waals surface area contributed by atoms with Gasteiger partial charge in [0.15, 0.2) is 5.78 Å². The predicted molar refractivity (Wildman–Crippen MR) is 134 cm³/mol. The van der Waals surface area contributed by atoms with Crippen molar-refractivity contribution in [3.63, 3.8) is 0 Å². The molecule has 1 aromatic rings. The Morgan fingerprint density at radius 1 is 0.812 bits per heavy atom.